The van der Waals surface area contributed by atoms with Crippen LogP contribution in [-0.2, 0) is 0 Å². The van der Waals surface area contributed by atoms with Crippen LogP contribution in [0.2, 0.25) is 0 Å². The van der Waals surface area contributed by atoms with Crippen molar-refractivity contribution in [1.82, 2.24) is 0 Å². The number of hydrogen-bond acceptors (Lipinski definition) is 3. The van der Waals surface area contributed by atoms with Gasteiger partial charge in [0.2, 0.25) is 6.54 Å². The maximum atomic E-state index is 10.1. The van der Waals surface area contributed by atoms with Crippen molar-refractivity contribution in [3.05, 3.63) is 39.9 Å². The van der Waals surface area contributed by atoms with Crippen molar-refractivity contribution in [2.75, 3.05) is 12.3 Å². The summed E-state index contributed by atoms with van der Waals surface area (Å²) in [6.07, 6.45) is 0. The van der Waals surface area contributed by atoms with Crippen molar-refractivity contribution in [3.63, 3.8) is 0 Å². The molecule has 0 aliphatic rings. The lowest BCUT2D eigenvalue weighted by molar-refractivity contribution is -0.474. The summed E-state index contributed by atoms with van der Waals surface area (Å²) in [4.78, 5) is 10.9. The highest BCUT2D eigenvalue weighted by molar-refractivity contribution is 7.99. The number of nitrogens with zero attached hydrogens (tertiary/aromatic N) is 1. The van der Waals surface area contributed by atoms with Gasteiger partial charge in [0.05, 0.1) is 5.75 Å². The lowest BCUT2D eigenvalue weighted by Gasteiger charge is -2.01. The van der Waals surface area contributed by atoms with Crippen LogP contribution >= 0.6 is 11.8 Å². The van der Waals surface area contributed by atoms with Crippen LogP contribution in [0.3, 0.4) is 0 Å². The fraction of sp³-hybridized carbons (Fsp3) is 0.333. The molecule has 0 unspecified atom stereocenters. The number of thioether (sulfide) groups is 1. The quantitative estimate of drug-likeness (QED) is 0.423. The minimum atomic E-state index is -0.286. The lowest BCUT2D eigenvalue weighted by Crippen LogP contribution is -2.02. The summed E-state index contributed by atoms with van der Waals surface area (Å²) in [5, 5.41) is 10.1. The molecule has 0 N–H and O–H groups in total. The molecule has 0 bridgehead atoms. The zero-order chi connectivity index (χ0) is 9.68. The smallest absolute Gasteiger partial charge is 0.213 e. The predicted molar refractivity (Wildman–Crippen MR) is 53.8 cm³/mol. The predicted octanol–water partition coefficient (Wildman–Crippen LogP) is 2.36. The Hall–Kier alpha value is -1.03. The van der Waals surface area contributed by atoms with Gasteiger partial charge in [-0.15, -0.1) is 11.8 Å². The maximum Gasteiger partial charge on any atom is 0.213 e. The summed E-state index contributed by atoms with van der Waals surface area (Å²) < 4.78 is 0. The van der Waals surface area contributed by atoms with Gasteiger partial charge in [0.15, 0.2) is 0 Å². The van der Waals surface area contributed by atoms with Crippen LogP contribution < -0.4 is 0 Å². The Balaban J connectivity index is 2.45. The molecule has 0 aliphatic carbocycles. The molecule has 1 aromatic carbocycles. The lowest BCUT2D eigenvalue weighted by atomic mass is 10.2. The first-order valence-electron chi connectivity index (χ1n) is 4.00. The SMILES string of the molecule is Cc1ccccc1SCC[N+](=O)[O-]. The molecule has 0 amide bonds. The Bertz CT molecular complexity index is 301. The number of nitro groups is 1. The highest BCUT2D eigenvalue weighted by Gasteiger charge is 2.00. The van der Waals surface area contributed by atoms with Crippen molar-refractivity contribution >= 4 is 11.8 Å². The number of rotatable bonds is 4. The van der Waals surface area contributed by atoms with E-state index in [1.807, 2.05) is 31.2 Å². The van der Waals surface area contributed by atoms with Crippen LogP contribution in [0.5, 0.6) is 0 Å². The molecule has 0 atom stereocenters. The van der Waals surface area contributed by atoms with Crippen molar-refractivity contribution in [1.29, 1.82) is 0 Å². The van der Waals surface area contributed by atoms with Crippen LogP contribution in [-0.4, -0.2) is 17.2 Å². The molecule has 3 nitrogen and oxygen atoms in total. The van der Waals surface area contributed by atoms with Gasteiger partial charge in [-0.25, -0.2) is 0 Å². The molecule has 0 aromatic heterocycles. The number of hydrogen-bond donors (Lipinski definition) is 0. The minimum Gasteiger partial charge on any atom is -0.265 e. The first kappa shape index (κ1) is 10.1. The molecular weight excluding hydrogens is 186 g/mol. The van der Waals surface area contributed by atoms with E-state index in [-0.39, 0.29) is 11.5 Å². The van der Waals surface area contributed by atoms with Crippen LogP contribution in [0.25, 0.3) is 0 Å². The largest absolute Gasteiger partial charge is 0.265 e. The van der Waals surface area contributed by atoms with Gasteiger partial charge in [-0.05, 0) is 18.6 Å². The molecule has 13 heavy (non-hydrogen) atoms. The molecule has 0 heterocycles. The third-order valence-electron chi connectivity index (χ3n) is 1.63. The summed E-state index contributed by atoms with van der Waals surface area (Å²) in [5.74, 6) is 0.540. The van der Waals surface area contributed by atoms with Crippen LogP contribution in [0.4, 0.5) is 0 Å². The highest BCUT2D eigenvalue weighted by atomic mass is 32.2. The van der Waals surface area contributed by atoms with Gasteiger partial charge in [0.1, 0.15) is 0 Å². The fourth-order valence-electron chi connectivity index (χ4n) is 0.949. The summed E-state index contributed by atoms with van der Waals surface area (Å²) in [5.41, 5.74) is 1.18. The zero-order valence-corrected chi connectivity index (χ0v) is 8.21. The Morgan fingerprint density at radius 1 is 1.46 bits per heavy atom. The third kappa shape index (κ3) is 3.46. The fourth-order valence-corrected chi connectivity index (χ4v) is 1.88. The van der Waals surface area contributed by atoms with Gasteiger partial charge in [-0.2, -0.15) is 0 Å². The van der Waals surface area contributed by atoms with E-state index in [9.17, 15) is 10.1 Å². The van der Waals surface area contributed by atoms with Crippen molar-refractivity contribution < 1.29 is 4.92 Å². The molecule has 0 saturated heterocycles. The summed E-state index contributed by atoms with van der Waals surface area (Å²) in [6.45, 7) is 2.04. The highest BCUT2D eigenvalue weighted by Crippen LogP contribution is 2.21. The summed E-state index contributed by atoms with van der Waals surface area (Å²) in [7, 11) is 0. The van der Waals surface area contributed by atoms with E-state index in [1.165, 1.54) is 17.3 Å². The first-order chi connectivity index (χ1) is 6.20. The second-order valence-corrected chi connectivity index (χ2v) is 3.81. The average Bonchev–Trinajstić information content (AvgIpc) is 2.08. The standard InChI is InChI=1S/C9H11NO2S/c1-8-4-2-3-5-9(8)13-7-6-10(11)12/h2-5H,6-7H2,1H3. The van der Waals surface area contributed by atoms with Gasteiger partial charge < -0.3 is 0 Å². The van der Waals surface area contributed by atoms with E-state index in [4.69, 9.17) is 0 Å². The van der Waals surface area contributed by atoms with Gasteiger partial charge in [0.25, 0.3) is 0 Å². The van der Waals surface area contributed by atoms with Crippen molar-refractivity contribution in [3.8, 4) is 0 Å². The molecule has 0 fully saturated rings. The molecule has 1 aromatic rings. The van der Waals surface area contributed by atoms with E-state index in [1.54, 1.807) is 0 Å². The third-order valence-corrected chi connectivity index (χ3v) is 2.78. The van der Waals surface area contributed by atoms with Gasteiger partial charge >= 0.3 is 0 Å². The van der Waals surface area contributed by atoms with E-state index in [0.29, 0.717) is 5.75 Å². The average molecular weight is 197 g/mol. The minimum absolute atomic E-state index is 0.0268. The Morgan fingerprint density at radius 3 is 2.77 bits per heavy atom. The maximum absolute atomic E-state index is 10.1. The Kier molecular flexibility index (Phi) is 3.76. The van der Waals surface area contributed by atoms with Crippen molar-refractivity contribution in [2.24, 2.45) is 0 Å². The monoisotopic (exact) mass is 197 g/mol. The van der Waals surface area contributed by atoms with Gasteiger partial charge in [-0.1, -0.05) is 18.2 Å². The van der Waals surface area contributed by atoms with Crippen LogP contribution in [0, 0.1) is 17.0 Å². The second-order valence-electron chi connectivity index (χ2n) is 2.67. The second kappa shape index (κ2) is 4.87. The number of benzene rings is 1. The van der Waals surface area contributed by atoms with E-state index >= 15 is 0 Å². The van der Waals surface area contributed by atoms with Gasteiger partial charge in [0, 0.05) is 9.82 Å². The molecule has 0 spiro atoms. The normalized spacial score (nSPS) is 9.92. The van der Waals surface area contributed by atoms with E-state index in [0.717, 1.165) is 4.90 Å². The number of aryl methyl sites for hydroxylation is 1. The van der Waals surface area contributed by atoms with Crippen LogP contribution in [0.15, 0.2) is 29.2 Å². The van der Waals surface area contributed by atoms with E-state index < -0.39 is 0 Å². The Labute approximate surface area is 81.3 Å². The van der Waals surface area contributed by atoms with Gasteiger partial charge in [-0.3, -0.25) is 10.1 Å². The molecule has 70 valence electrons. The molecule has 0 saturated carbocycles. The molecular formula is C9H11NO2S. The molecule has 0 radical (unpaired) electrons. The van der Waals surface area contributed by atoms with Crippen molar-refractivity contribution in [2.45, 2.75) is 11.8 Å². The molecule has 0 aliphatic heterocycles. The molecule has 1 rings (SSSR count). The van der Waals surface area contributed by atoms with E-state index in [2.05, 4.69) is 0 Å². The molecule has 4 heteroatoms. The topological polar surface area (TPSA) is 43.1 Å². The Morgan fingerprint density at radius 2 is 2.15 bits per heavy atom. The summed E-state index contributed by atoms with van der Waals surface area (Å²) in [6, 6.07) is 7.91. The van der Waals surface area contributed by atoms with Crippen LogP contribution in [0.1, 0.15) is 5.56 Å². The first-order valence-corrected chi connectivity index (χ1v) is 4.99. The zero-order valence-electron chi connectivity index (χ0n) is 7.40. The summed E-state index contributed by atoms with van der Waals surface area (Å²) >= 11 is 1.53.